The zero-order valence-corrected chi connectivity index (χ0v) is 13.7. The Hall–Kier alpha value is -3.09. The molecule has 1 amide bonds. The Morgan fingerprint density at radius 1 is 1.08 bits per heavy atom. The van der Waals surface area contributed by atoms with Crippen molar-refractivity contribution in [2.45, 2.75) is 6.42 Å². The van der Waals surface area contributed by atoms with Crippen molar-refractivity contribution in [3.8, 4) is 5.75 Å². The molecule has 3 rings (SSSR count). The summed E-state index contributed by atoms with van der Waals surface area (Å²) < 4.78 is 18.3. The predicted molar refractivity (Wildman–Crippen MR) is 90.8 cm³/mol. The van der Waals surface area contributed by atoms with Crippen LogP contribution in [0.15, 0.2) is 48.5 Å². The molecule has 0 aliphatic heterocycles. The summed E-state index contributed by atoms with van der Waals surface area (Å²) in [5.41, 5.74) is 1.28. The van der Waals surface area contributed by atoms with Gasteiger partial charge in [-0.3, -0.25) is 4.79 Å². The van der Waals surface area contributed by atoms with Crippen molar-refractivity contribution in [1.82, 2.24) is 20.1 Å². The van der Waals surface area contributed by atoms with E-state index in [2.05, 4.69) is 15.2 Å². The fraction of sp³-hybridized carbons (Fsp3) is 0.222. The van der Waals surface area contributed by atoms with Gasteiger partial charge in [0.2, 0.25) is 5.82 Å². The smallest absolute Gasteiger partial charge is 0.293 e. The third-order valence-electron chi connectivity index (χ3n) is 3.62. The topological polar surface area (TPSA) is 68.2 Å². The van der Waals surface area contributed by atoms with Gasteiger partial charge in [-0.15, -0.1) is 10.2 Å². The van der Waals surface area contributed by atoms with Crippen molar-refractivity contribution < 1.29 is 13.9 Å². The van der Waals surface area contributed by atoms with E-state index in [1.807, 2.05) is 12.1 Å². The van der Waals surface area contributed by atoms with E-state index in [1.165, 1.54) is 17.0 Å². The molecule has 0 atom stereocenters. The maximum atomic E-state index is 12.8. The van der Waals surface area contributed by atoms with Crippen LogP contribution in [0.1, 0.15) is 17.0 Å². The van der Waals surface area contributed by atoms with Crippen molar-refractivity contribution in [2.24, 2.45) is 0 Å². The average Bonchev–Trinajstić information content (AvgIpc) is 2.65. The average molecular weight is 340 g/mol. The lowest BCUT2D eigenvalue weighted by Crippen LogP contribution is -2.30. The Labute approximate surface area is 144 Å². The molecule has 0 aliphatic rings. The number of carbonyl (C=O) groups is 1. The summed E-state index contributed by atoms with van der Waals surface area (Å²) in [5, 5.41) is 7.91. The number of aromatic nitrogens is 3. The second-order valence-electron chi connectivity index (χ2n) is 5.51. The highest BCUT2D eigenvalue weighted by Gasteiger charge is 2.15. The summed E-state index contributed by atoms with van der Waals surface area (Å²) in [5.74, 6) is 0.0693. The van der Waals surface area contributed by atoms with Crippen LogP contribution in [0, 0.1) is 5.82 Å². The monoisotopic (exact) mass is 340 g/mol. The lowest BCUT2D eigenvalue weighted by Gasteiger charge is -2.16. The van der Waals surface area contributed by atoms with Crippen LogP contribution >= 0.6 is 0 Å². The number of amides is 1. The Kier molecular flexibility index (Phi) is 5.13. The first-order valence-corrected chi connectivity index (χ1v) is 7.87. The Morgan fingerprint density at radius 2 is 1.80 bits per heavy atom. The van der Waals surface area contributed by atoms with E-state index >= 15 is 0 Å². The van der Waals surface area contributed by atoms with Gasteiger partial charge in [0.1, 0.15) is 17.1 Å². The SMILES string of the molecule is CN(CCCOc1ccc(F)cc1)C(=O)c1nnc2ccccc2n1. The molecule has 128 valence electrons. The molecule has 25 heavy (non-hydrogen) atoms. The van der Waals surface area contributed by atoms with Gasteiger partial charge in [-0.25, -0.2) is 9.37 Å². The van der Waals surface area contributed by atoms with Crippen LogP contribution in [0.3, 0.4) is 0 Å². The van der Waals surface area contributed by atoms with Crippen LogP contribution < -0.4 is 4.74 Å². The first kappa shape index (κ1) is 16.8. The molecule has 7 heteroatoms. The van der Waals surface area contributed by atoms with Crippen LogP contribution in [-0.2, 0) is 0 Å². The van der Waals surface area contributed by atoms with Crippen molar-refractivity contribution >= 4 is 16.9 Å². The highest BCUT2D eigenvalue weighted by atomic mass is 19.1. The van der Waals surface area contributed by atoms with Gasteiger partial charge in [0.05, 0.1) is 12.1 Å². The Balaban J connectivity index is 1.52. The van der Waals surface area contributed by atoms with Gasteiger partial charge in [-0.2, -0.15) is 0 Å². The number of benzene rings is 2. The Morgan fingerprint density at radius 3 is 2.56 bits per heavy atom. The number of hydrogen-bond donors (Lipinski definition) is 0. The van der Waals surface area contributed by atoms with Crippen LogP contribution in [-0.4, -0.2) is 46.2 Å². The van der Waals surface area contributed by atoms with Crippen molar-refractivity contribution in [2.75, 3.05) is 20.2 Å². The molecule has 0 spiro atoms. The lowest BCUT2D eigenvalue weighted by molar-refractivity contribution is 0.0775. The number of hydrogen-bond acceptors (Lipinski definition) is 5. The summed E-state index contributed by atoms with van der Waals surface area (Å²) in [4.78, 5) is 18.1. The van der Waals surface area contributed by atoms with E-state index < -0.39 is 0 Å². The van der Waals surface area contributed by atoms with E-state index in [0.717, 1.165) is 0 Å². The third kappa shape index (κ3) is 4.26. The minimum atomic E-state index is -0.304. The molecule has 0 bridgehead atoms. The van der Waals surface area contributed by atoms with Crippen molar-refractivity contribution in [3.63, 3.8) is 0 Å². The number of carbonyl (C=O) groups excluding carboxylic acids is 1. The predicted octanol–water partition coefficient (Wildman–Crippen LogP) is 2.71. The largest absolute Gasteiger partial charge is 0.494 e. The standard InChI is InChI=1S/C18H17FN4O2/c1-23(11-4-12-25-14-9-7-13(19)8-10-14)18(24)17-20-15-5-2-3-6-16(15)21-22-17/h2-3,5-10H,4,11-12H2,1H3. The summed E-state index contributed by atoms with van der Waals surface area (Å²) in [6, 6.07) is 13.1. The molecule has 0 radical (unpaired) electrons. The zero-order chi connectivity index (χ0) is 17.6. The normalized spacial score (nSPS) is 10.6. The highest BCUT2D eigenvalue weighted by Crippen LogP contribution is 2.11. The Bertz CT molecular complexity index is 870. The summed E-state index contributed by atoms with van der Waals surface area (Å²) in [6.07, 6.45) is 0.626. The second-order valence-corrected chi connectivity index (χ2v) is 5.51. The fourth-order valence-electron chi connectivity index (χ4n) is 2.27. The molecule has 3 aromatic rings. The highest BCUT2D eigenvalue weighted by molar-refractivity contribution is 5.91. The van der Waals surface area contributed by atoms with Gasteiger partial charge in [0.25, 0.3) is 5.91 Å². The number of ether oxygens (including phenoxy) is 1. The molecule has 0 fully saturated rings. The minimum absolute atomic E-state index is 0.0700. The number of halogens is 1. The fourth-order valence-corrected chi connectivity index (χ4v) is 2.27. The van der Waals surface area contributed by atoms with Crippen molar-refractivity contribution in [3.05, 3.63) is 60.2 Å². The molecule has 2 aromatic carbocycles. The number of rotatable bonds is 6. The van der Waals surface area contributed by atoms with Crippen LogP contribution in [0.5, 0.6) is 5.75 Å². The third-order valence-corrected chi connectivity index (χ3v) is 3.62. The van der Waals surface area contributed by atoms with E-state index in [1.54, 1.807) is 31.3 Å². The summed E-state index contributed by atoms with van der Waals surface area (Å²) in [7, 11) is 1.68. The van der Waals surface area contributed by atoms with Gasteiger partial charge in [0.15, 0.2) is 0 Å². The second kappa shape index (κ2) is 7.65. The van der Waals surface area contributed by atoms with E-state index in [0.29, 0.717) is 36.4 Å². The molecule has 0 aliphatic carbocycles. The lowest BCUT2D eigenvalue weighted by atomic mass is 10.3. The quantitative estimate of drug-likeness (QED) is 0.646. The van der Waals surface area contributed by atoms with E-state index in [-0.39, 0.29) is 17.5 Å². The molecular weight excluding hydrogens is 323 g/mol. The molecule has 0 N–H and O–H groups in total. The number of para-hydroxylation sites is 1. The number of fused-ring (bicyclic) bond motifs is 1. The van der Waals surface area contributed by atoms with Gasteiger partial charge < -0.3 is 9.64 Å². The van der Waals surface area contributed by atoms with E-state index in [4.69, 9.17) is 4.74 Å². The van der Waals surface area contributed by atoms with Crippen LogP contribution in [0.4, 0.5) is 4.39 Å². The summed E-state index contributed by atoms with van der Waals surface area (Å²) in [6.45, 7) is 0.899. The maximum absolute atomic E-state index is 12.8. The molecule has 0 unspecified atom stereocenters. The van der Waals surface area contributed by atoms with Crippen LogP contribution in [0.25, 0.3) is 11.0 Å². The number of nitrogens with zero attached hydrogens (tertiary/aromatic N) is 4. The van der Waals surface area contributed by atoms with Gasteiger partial charge in [-0.1, -0.05) is 12.1 Å². The van der Waals surface area contributed by atoms with Crippen LogP contribution in [0.2, 0.25) is 0 Å². The zero-order valence-electron chi connectivity index (χ0n) is 13.7. The maximum Gasteiger partial charge on any atom is 0.293 e. The van der Waals surface area contributed by atoms with Gasteiger partial charge in [0, 0.05) is 13.6 Å². The van der Waals surface area contributed by atoms with Gasteiger partial charge in [-0.05, 0) is 42.8 Å². The van der Waals surface area contributed by atoms with E-state index in [9.17, 15) is 9.18 Å². The molecule has 6 nitrogen and oxygen atoms in total. The summed E-state index contributed by atoms with van der Waals surface area (Å²) >= 11 is 0. The molecule has 0 saturated heterocycles. The minimum Gasteiger partial charge on any atom is -0.494 e. The van der Waals surface area contributed by atoms with Crippen molar-refractivity contribution in [1.29, 1.82) is 0 Å². The molecule has 1 heterocycles. The first-order chi connectivity index (χ1) is 12.1. The first-order valence-electron chi connectivity index (χ1n) is 7.87. The van der Waals surface area contributed by atoms with Gasteiger partial charge >= 0.3 is 0 Å². The molecular formula is C18H17FN4O2. The molecule has 1 aromatic heterocycles. The molecule has 0 saturated carbocycles.